The molecule has 1 fully saturated rings. The van der Waals surface area contributed by atoms with E-state index in [2.05, 4.69) is 20.2 Å². The van der Waals surface area contributed by atoms with Gasteiger partial charge < -0.3 is 24.4 Å². The third kappa shape index (κ3) is 8.86. The van der Waals surface area contributed by atoms with Gasteiger partial charge in [-0.05, 0) is 30.9 Å². The standard InChI is InChI=1S/C19H29F3N4O3/c1-23-18(26-8-5-16(6-9-26)28-11-3-10-27-2)25-13-15-4-7-24-17(12-15)29-14-19(20,21)22/h4,7,12,16H,3,5-6,8-11,13-14H2,1-2H3,(H,23,25). The fourth-order valence-electron chi connectivity index (χ4n) is 3.00. The summed E-state index contributed by atoms with van der Waals surface area (Å²) in [6.07, 6.45) is 0.00185. The van der Waals surface area contributed by atoms with Gasteiger partial charge in [0.2, 0.25) is 5.88 Å². The first-order valence-corrected chi connectivity index (χ1v) is 9.62. The topological polar surface area (TPSA) is 68.2 Å². The van der Waals surface area contributed by atoms with Crippen molar-refractivity contribution >= 4 is 5.96 Å². The number of likely N-dealkylation sites (tertiary alicyclic amines) is 1. The van der Waals surface area contributed by atoms with E-state index in [0.717, 1.165) is 43.9 Å². The van der Waals surface area contributed by atoms with E-state index in [4.69, 9.17) is 14.2 Å². The van der Waals surface area contributed by atoms with E-state index in [1.807, 2.05) is 0 Å². The molecule has 1 aromatic heterocycles. The molecule has 1 aliphatic heterocycles. The van der Waals surface area contributed by atoms with Gasteiger partial charge in [-0.25, -0.2) is 4.98 Å². The van der Waals surface area contributed by atoms with E-state index in [-0.39, 0.29) is 12.0 Å². The molecule has 0 amide bonds. The summed E-state index contributed by atoms with van der Waals surface area (Å²) in [5.74, 6) is 0.695. The Kier molecular flexibility index (Phi) is 9.46. The van der Waals surface area contributed by atoms with Gasteiger partial charge in [0.25, 0.3) is 0 Å². The van der Waals surface area contributed by atoms with Gasteiger partial charge in [-0.15, -0.1) is 0 Å². The van der Waals surface area contributed by atoms with Crippen LogP contribution in [0.15, 0.2) is 23.3 Å². The van der Waals surface area contributed by atoms with Gasteiger partial charge in [-0.1, -0.05) is 0 Å². The number of aromatic nitrogens is 1. The number of ether oxygens (including phenoxy) is 3. The summed E-state index contributed by atoms with van der Waals surface area (Å²) < 4.78 is 52.4. The van der Waals surface area contributed by atoms with Crippen molar-refractivity contribution in [2.24, 2.45) is 4.99 Å². The van der Waals surface area contributed by atoms with Gasteiger partial charge in [0.1, 0.15) is 0 Å². The predicted molar refractivity (Wildman–Crippen MR) is 103 cm³/mol. The maximum absolute atomic E-state index is 12.3. The van der Waals surface area contributed by atoms with Crippen molar-refractivity contribution in [2.75, 3.05) is 47.1 Å². The second kappa shape index (κ2) is 11.8. The summed E-state index contributed by atoms with van der Waals surface area (Å²) in [5.41, 5.74) is 0.759. The van der Waals surface area contributed by atoms with Crippen molar-refractivity contribution in [3.05, 3.63) is 23.9 Å². The number of pyridine rings is 1. The minimum Gasteiger partial charge on any atom is -0.468 e. The van der Waals surface area contributed by atoms with Gasteiger partial charge in [0.15, 0.2) is 12.6 Å². The van der Waals surface area contributed by atoms with Crippen molar-refractivity contribution < 1.29 is 27.4 Å². The highest BCUT2D eigenvalue weighted by atomic mass is 19.4. The average molecular weight is 418 g/mol. The molecular weight excluding hydrogens is 389 g/mol. The van der Waals surface area contributed by atoms with E-state index >= 15 is 0 Å². The lowest BCUT2D eigenvalue weighted by atomic mass is 10.1. The number of rotatable bonds is 9. The summed E-state index contributed by atoms with van der Waals surface area (Å²) in [6, 6.07) is 3.22. The van der Waals surface area contributed by atoms with Crippen LogP contribution in [0.2, 0.25) is 0 Å². The molecule has 2 rings (SSSR count). The van der Waals surface area contributed by atoms with E-state index in [1.165, 1.54) is 12.3 Å². The number of methoxy groups -OCH3 is 1. The number of halogens is 3. The highest BCUT2D eigenvalue weighted by molar-refractivity contribution is 5.79. The highest BCUT2D eigenvalue weighted by Gasteiger charge is 2.28. The van der Waals surface area contributed by atoms with Crippen LogP contribution in [0.4, 0.5) is 13.2 Å². The molecule has 2 heterocycles. The second-order valence-electron chi connectivity index (χ2n) is 6.71. The van der Waals surface area contributed by atoms with Crippen LogP contribution in [0.3, 0.4) is 0 Å². The molecule has 0 unspecified atom stereocenters. The number of hydrogen-bond acceptors (Lipinski definition) is 5. The Balaban J connectivity index is 1.77. The van der Waals surface area contributed by atoms with Crippen LogP contribution in [-0.2, 0) is 16.0 Å². The van der Waals surface area contributed by atoms with Crippen molar-refractivity contribution in [1.29, 1.82) is 0 Å². The van der Waals surface area contributed by atoms with E-state index < -0.39 is 12.8 Å². The zero-order valence-corrected chi connectivity index (χ0v) is 16.9. The van der Waals surface area contributed by atoms with E-state index in [9.17, 15) is 13.2 Å². The molecule has 0 atom stereocenters. The van der Waals surface area contributed by atoms with Crippen molar-refractivity contribution in [3.8, 4) is 5.88 Å². The molecule has 164 valence electrons. The first-order valence-electron chi connectivity index (χ1n) is 9.62. The van der Waals surface area contributed by atoms with Crippen LogP contribution in [0, 0.1) is 0 Å². The van der Waals surface area contributed by atoms with Gasteiger partial charge in [-0.3, -0.25) is 4.99 Å². The summed E-state index contributed by atoms with van der Waals surface area (Å²) in [6.45, 7) is 2.10. The molecule has 0 aromatic carbocycles. The van der Waals surface area contributed by atoms with Crippen molar-refractivity contribution in [2.45, 2.75) is 38.1 Å². The Morgan fingerprint density at radius 1 is 1.31 bits per heavy atom. The van der Waals surface area contributed by atoms with Crippen LogP contribution < -0.4 is 10.1 Å². The zero-order chi connectivity index (χ0) is 21.1. The number of aliphatic imine (C=N–C) groups is 1. The number of nitrogens with zero attached hydrogens (tertiary/aromatic N) is 3. The molecule has 1 saturated heterocycles. The first-order chi connectivity index (χ1) is 13.9. The largest absolute Gasteiger partial charge is 0.468 e. The SMILES string of the molecule is CN=C(NCc1ccnc(OCC(F)(F)F)c1)N1CCC(OCCCOC)CC1. The van der Waals surface area contributed by atoms with Crippen LogP contribution in [0.5, 0.6) is 5.88 Å². The monoisotopic (exact) mass is 418 g/mol. The second-order valence-corrected chi connectivity index (χ2v) is 6.71. The van der Waals surface area contributed by atoms with Crippen LogP contribution in [0.1, 0.15) is 24.8 Å². The fourth-order valence-corrected chi connectivity index (χ4v) is 3.00. The zero-order valence-electron chi connectivity index (χ0n) is 16.9. The highest BCUT2D eigenvalue weighted by Crippen LogP contribution is 2.18. The van der Waals surface area contributed by atoms with Gasteiger partial charge in [-0.2, -0.15) is 13.2 Å². The number of hydrogen-bond donors (Lipinski definition) is 1. The van der Waals surface area contributed by atoms with E-state index in [0.29, 0.717) is 19.8 Å². The van der Waals surface area contributed by atoms with Gasteiger partial charge >= 0.3 is 6.18 Å². The predicted octanol–water partition coefficient (Wildman–Crippen LogP) is 2.62. The molecular formula is C19H29F3N4O3. The number of guanidine groups is 1. The Hall–Kier alpha value is -2.07. The van der Waals surface area contributed by atoms with Crippen molar-refractivity contribution in [3.63, 3.8) is 0 Å². The molecule has 10 heteroatoms. The molecule has 29 heavy (non-hydrogen) atoms. The Morgan fingerprint density at radius 3 is 2.72 bits per heavy atom. The normalized spacial score (nSPS) is 16.2. The minimum atomic E-state index is -4.39. The molecule has 7 nitrogen and oxygen atoms in total. The van der Waals surface area contributed by atoms with Gasteiger partial charge in [0.05, 0.1) is 6.10 Å². The van der Waals surface area contributed by atoms with Crippen LogP contribution >= 0.6 is 0 Å². The summed E-state index contributed by atoms with van der Waals surface area (Å²) >= 11 is 0. The van der Waals surface area contributed by atoms with E-state index in [1.54, 1.807) is 20.2 Å². The molecule has 0 saturated carbocycles. The fraction of sp³-hybridized carbons (Fsp3) is 0.684. The summed E-state index contributed by atoms with van der Waals surface area (Å²) in [5, 5.41) is 3.24. The van der Waals surface area contributed by atoms with Crippen molar-refractivity contribution in [1.82, 2.24) is 15.2 Å². The summed E-state index contributed by atoms with van der Waals surface area (Å²) in [7, 11) is 3.39. The molecule has 1 N–H and O–H groups in total. The molecule has 1 aromatic rings. The lowest BCUT2D eigenvalue weighted by molar-refractivity contribution is -0.154. The Labute approximate surface area is 169 Å². The maximum Gasteiger partial charge on any atom is 0.422 e. The Bertz CT molecular complexity index is 635. The molecule has 0 spiro atoms. The maximum atomic E-state index is 12.3. The molecule has 0 aliphatic carbocycles. The third-order valence-electron chi connectivity index (χ3n) is 4.43. The molecule has 0 radical (unpaired) electrons. The first kappa shape index (κ1) is 23.2. The quantitative estimate of drug-likeness (QED) is 0.378. The number of nitrogens with one attached hydrogen (secondary N) is 1. The number of alkyl halides is 3. The smallest absolute Gasteiger partial charge is 0.422 e. The average Bonchev–Trinajstić information content (AvgIpc) is 2.71. The van der Waals surface area contributed by atoms with Gasteiger partial charge in [0, 0.05) is 59.3 Å². The third-order valence-corrected chi connectivity index (χ3v) is 4.43. The number of piperidine rings is 1. The lowest BCUT2D eigenvalue weighted by Gasteiger charge is -2.34. The molecule has 1 aliphatic rings. The van der Waals surface area contributed by atoms with Crippen LogP contribution in [-0.4, -0.2) is 75.2 Å². The summed E-state index contributed by atoms with van der Waals surface area (Å²) in [4.78, 5) is 10.3. The molecule has 0 bridgehead atoms. The lowest BCUT2D eigenvalue weighted by Crippen LogP contribution is -2.46. The Morgan fingerprint density at radius 2 is 2.07 bits per heavy atom. The minimum absolute atomic E-state index is 0.0527. The van der Waals surface area contributed by atoms with Crippen LogP contribution in [0.25, 0.3) is 0 Å².